The van der Waals surface area contributed by atoms with Crippen molar-refractivity contribution in [3.8, 4) is 17.2 Å². The highest BCUT2D eigenvalue weighted by Gasteiger charge is 2.25. The molecule has 3 aromatic carbocycles. The zero-order valence-electron chi connectivity index (χ0n) is 20.1. The van der Waals surface area contributed by atoms with E-state index in [1.165, 1.54) is 0 Å². The summed E-state index contributed by atoms with van der Waals surface area (Å²) in [5.74, 6) is 1.12. The Balaban J connectivity index is 1.52. The maximum Gasteiger partial charge on any atom is 0.257 e. The van der Waals surface area contributed by atoms with Gasteiger partial charge in [0.05, 0.1) is 41.0 Å². The molecule has 8 nitrogen and oxygen atoms in total. The van der Waals surface area contributed by atoms with E-state index in [4.69, 9.17) is 48.4 Å². The van der Waals surface area contributed by atoms with E-state index in [0.717, 1.165) is 5.56 Å². The number of hydrogen-bond donors (Lipinski definition) is 2. The van der Waals surface area contributed by atoms with Gasteiger partial charge in [-0.25, -0.2) is 9.97 Å². The van der Waals surface area contributed by atoms with Crippen molar-refractivity contribution in [2.24, 2.45) is 0 Å². The molecular formula is C27H23Cl2N5O3. The van der Waals surface area contributed by atoms with Crippen molar-refractivity contribution in [2.75, 3.05) is 26.5 Å². The number of anilines is 1. The summed E-state index contributed by atoms with van der Waals surface area (Å²) in [4.78, 5) is 22.9. The van der Waals surface area contributed by atoms with E-state index in [1.807, 2.05) is 42.5 Å². The summed E-state index contributed by atoms with van der Waals surface area (Å²) in [6.45, 7) is 0.369. The standard InChI is InChI=1S/C27H23Cl2N5O3/c1-36-21-10-7-15(13-22(21)37-2)11-12-31-27(35)23-24-26(33-20-6-4-3-5-19(20)32-24)34(25(23)30)16-8-9-17(28)18(29)14-16/h3-10,13-14H,11-12,30H2,1-2H3,(H,31,35). The van der Waals surface area contributed by atoms with Crippen molar-refractivity contribution in [3.63, 3.8) is 0 Å². The fourth-order valence-corrected chi connectivity index (χ4v) is 4.51. The maximum absolute atomic E-state index is 13.4. The Morgan fingerprint density at radius 2 is 1.68 bits per heavy atom. The molecule has 2 heterocycles. The van der Waals surface area contributed by atoms with Gasteiger partial charge in [-0.2, -0.15) is 0 Å². The number of carbonyl (C=O) groups excluding carboxylic acids is 1. The van der Waals surface area contributed by atoms with Crippen LogP contribution in [0.2, 0.25) is 10.0 Å². The Morgan fingerprint density at radius 1 is 0.946 bits per heavy atom. The van der Waals surface area contributed by atoms with E-state index in [-0.39, 0.29) is 17.3 Å². The number of carbonyl (C=O) groups is 1. The van der Waals surface area contributed by atoms with Gasteiger partial charge in [0, 0.05) is 6.54 Å². The lowest BCUT2D eigenvalue weighted by molar-refractivity contribution is 0.0956. The van der Waals surface area contributed by atoms with Crippen LogP contribution in [0.15, 0.2) is 60.7 Å². The number of nitrogens with zero attached hydrogens (tertiary/aromatic N) is 3. The van der Waals surface area contributed by atoms with Crippen LogP contribution in [0.5, 0.6) is 11.5 Å². The number of nitrogens with two attached hydrogens (primary N) is 1. The molecule has 37 heavy (non-hydrogen) atoms. The van der Waals surface area contributed by atoms with Gasteiger partial charge >= 0.3 is 0 Å². The molecule has 0 aliphatic heterocycles. The number of benzene rings is 3. The second kappa shape index (κ2) is 10.2. The molecule has 3 N–H and O–H groups in total. The number of methoxy groups -OCH3 is 2. The lowest BCUT2D eigenvalue weighted by atomic mass is 10.1. The predicted octanol–water partition coefficient (Wildman–Crippen LogP) is 5.45. The highest BCUT2D eigenvalue weighted by Crippen LogP contribution is 2.33. The Labute approximate surface area is 222 Å². The summed E-state index contributed by atoms with van der Waals surface area (Å²) < 4.78 is 12.3. The van der Waals surface area contributed by atoms with Gasteiger partial charge in [0.15, 0.2) is 17.1 Å². The fourth-order valence-electron chi connectivity index (χ4n) is 4.22. The number of para-hydroxylation sites is 2. The SMILES string of the molecule is COc1ccc(CCNC(=O)c2c(N)n(-c3ccc(Cl)c(Cl)c3)c3nc4ccccc4nc23)cc1OC. The van der Waals surface area contributed by atoms with Gasteiger partial charge in [-0.1, -0.05) is 41.4 Å². The van der Waals surface area contributed by atoms with E-state index in [1.54, 1.807) is 37.0 Å². The van der Waals surface area contributed by atoms with E-state index in [2.05, 4.69) is 5.32 Å². The van der Waals surface area contributed by atoms with Gasteiger partial charge in [0.25, 0.3) is 5.91 Å². The molecule has 1 amide bonds. The molecule has 2 aromatic heterocycles. The normalized spacial score (nSPS) is 11.1. The molecule has 10 heteroatoms. The summed E-state index contributed by atoms with van der Waals surface area (Å²) in [6.07, 6.45) is 0.575. The van der Waals surface area contributed by atoms with Crippen molar-refractivity contribution in [2.45, 2.75) is 6.42 Å². The molecule has 0 fully saturated rings. The van der Waals surface area contributed by atoms with Crippen molar-refractivity contribution < 1.29 is 14.3 Å². The van der Waals surface area contributed by atoms with Crippen molar-refractivity contribution in [3.05, 3.63) is 81.8 Å². The quantitative estimate of drug-likeness (QED) is 0.287. The molecule has 0 spiro atoms. The van der Waals surface area contributed by atoms with Crippen LogP contribution in [-0.4, -0.2) is 41.2 Å². The minimum absolute atomic E-state index is 0.201. The molecule has 0 aliphatic carbocycles. The number of ether oxygens (including phenoxy) is 2. The van der Waals surface area contributed by atoms with Crippen LogP contribution in [0.3, 0.4) is 0 Å². The Bertz CT molecular complexity index is 1650. The number of nitrogens with one attached hydrogen (secondary N) is 1. The maximum atomic E-state index is 13.4. The molecule has 5 aromatic rings. The first-order valence-corrected chi connectivity index (χ1v) is 12.2. The van der Waals surface area contributed by atoms with Crippen LogP contribution in [0.1, 0.15) is 15.9 Å². The van der Waals surface area contributed by atoms with Gasteiger partial charge in [-0.3, -0.25) is 9.36 Å². The lowest BCUT2D eigenvalue weighted by Gasteiger charge is -2.10. The number of nitrogen functional groups attached to an aromatic ring is 1. The van der Waals surface area contributed by atoms with E-state index in [0.29, 0.717) is 62.4 Å². The fraction of sp³-hybridized carbons (Fsp3) is 0.148. The lowest BCUT2D eigenvalue weighted by Crippen LogP contribution is -2.26. The summed E-state index contributed by atoms with van der Waals surface area (Å²) in [5.41, 5.74) is 10.6. The molecule has 5 rings (SSSR count). The molecule has 0 bridgehead atoms. The first-order chi connectivity index (χ1) is 17.9. The van der Waals surface area contributed by atoms with Crippen LogP contribution in [-0.2, 0) is 6.42 Å². The van der Waals surface area contributed by atoms with Gasteiger partial charge < -0.3 is 20.5 Å². The second-order valence-corrected chi connectivity index (χ2v) is 9.09. The molecule has 0 aliphatic rings. The van der Waals surface area contributed by atoms with Gasteiger partial charge in [0.1, 0.15) is 16.9 Å². The average Bonchev–Trinajstić information content (AvgIpc) is 3.19. The first kappa shape index (κ1) is 24.7. The number of aromatic nitrogens is 3. The minimum Gasteiger partial charge on any atom is -0.493 e. The zero-order valence-corrected chi connectivity index (χ0v) is 21.6. The molecule has 0 radical (unpaired) electrons. The summed E-state index contributed by atoms with van der Waals surface area (Å²) >= 11 is 12.4. The summed E-state index contributed by atoms with van der Waals surface area (Å²) in [5, 5.41) is 3.72. The van der Waals surface area contributed by atoms with Crippen molar-refractivity contribution >= 4 is 57.1 Å². The third-order valence-corrected chi connectivity index (χ3v) is 6.77. The van der Waals surface area contributed by atoms with Gasteiger partial charge in [-0.15, -0.1) is 0 Å². The van der Waals surface area contributed by atoms with Gasteiger partial charge in [-0.05, 0) is 54.4 Å². The Kier molecular flexibility index (Phi) is 6.78. The number of fused-ring (bicyclic) bond motifs is 2. The number of amides is 1. The number of halogens is 2. The van der Waals surface area contributed by atoms with E-state index >= 15 is 0 Å². The van der Waals surface area contributed by atoms with Crippen LogP contribution in [0, 0.1) is 0 Å². The largest absolute Gasteiger partial charge is 0.493 e. The topological polar surface area (TPSA) is 104 Å². The third-order valence-electron chi connectivity index (χ3n) is 6.03. The van der Waals surface area contributed by atoms with E-state index in [9.17, 15) is 4.79 Å². The van der Waals surface area contributed by atoms with Gasteiger partial charge in [0.2, 0.25) is 0 Å². The van der Waals surface area contributed by atoms with Crippen LogP contribution in [0.25, 0.3) is 27.9 Å². The molecule has 0 atom stereocenters. The summed E-state index contributed by atoms with van der Waals surface area (Å²) in [7, 11) is 3.17. The summed E-state index contributed by atoms with van der Waals surface area (Å²) in [6, 6.07) is 18.2. The molecular weight excluding hydrogens is 513 g/mol. The van der Waals surface area contributed by atoms with Crippen molar-refractivity contribution in [1.29, 1.82) is 0 Å². The Morgan fingerprint density at radius 3 is 2.38 bits per heavy atom. The third kappa shape index (κ3) is 4.61. The highest BCUT2D eigenvalue weighted by molar-refractivity contribution is 6.42. The smallest absolute Gasteiger partial charge is 0.257 e. The van der Waals surface area contributed by atoms with Crippen LogP contribution < -0.4 is 20.5 Å². The molecule has 0 saturated heterocycles. The highest BCUT2D eigenvalue weighted by atomic mass is 35.5. The van der Waals surface area contributed by atoms with E-state index < -0.39 is 0 Å². The van der Waals surface area contributed by atoms with Crippen molar-refractivity contribution in [1.82, 2.24) is 19.9 Å². The monoisotopic (exact) mass is 535 g/mol. The predicted molar refractivity (Wildman–Crippen MR) is 146 cm³/mol. The molecule has 0 unspecified atom stereocenters. The average molecular weight is 536 g/mol. The van der Waals surface area contributed by atoms with Crippen LogP contribution in [0.4, 0.5) is 5.82 Å². The molecule has 188 valence electrons. The molecule has 0 saturated carbocycles. The first-order valence-electron chi connectivity index (χ1n) is 11.4. The Hall–Kier alpha value is -4.01. The number of hydrogen-bond acceptors (Lipinski definition) is 6. The van der Waals surface area contributed by atoms with Crippen LogP contribution >= 0.6 is 23.2 Å². The second-order valence-electron chi connectivity index (χ2n) is 8.27. The zero-order chi connectivity index (χ0) is 26.1. The minimum atomic E-state index is -0.355. The number of rotatable bonds is 7.